The minimum absolute atomic E-state index is 0.0943. The molecule has 4 heterocycles. The number of hydrogen-bond donors (Lipinski definition) is 1. The molecule has 2 saturated carbocycles. The number of aromatic nitrogens is 3. The Morgan fingerprint density at radius 3 is 2.56 bits per heavy atom. The lowest BCUT2D eigenvalue weighted by Crippen LogP contribution is -2.46. The van der Waals surface area contributed by atoms with E-state index in [4.69, 9.17) is 14.8 Å². The van der Waals surface area contributed by atoms with E-state index in [2.05, 4.69) is 28.5 Å². The monoisotopic (exact) mass is 340 g/mol. The Morgan fingerprint density at radius 1 is 1.12 bits per heavy atom. The summed E-state index contributed by atoms with van der Waals surface area (Å²) < 4.78 is 7.81. The molecule has 4 fully saturated rings. The van der Waals surface area contributed by atoms with Crippen molar-refractivity contribution in [1.82, 2.24) is 14.6 Å². The molecule has 6 rings (SSSR count). The van der Waals surface area contributed by atoms with Gasteiger partial charge in [0.05, 0.1) is 37.1 Å². The lowest BCUT2D eigenvalue weighted by Gasteiger charge is -2.36. The Labute approximate surface area is 146 Å². The van der Waals surface area contributed by atoms with Crippen molar-refractivity contribution in [3.05, 3.63) is 23.5 Å². The maximum absolute atomic E-state index is 9.79. The van der Waals surface area contributed by atoms with Crippen LogP contribution in [0.1, 0.15) is 43.0 Å². The number of nitrogens with zero attached hydrogens (tertiary/aromatic N) is 4. The summed E-state index contributed by atoms with van der Waals surface area (Å²) in [6.07, 6.45) is 4.19. The summed E-state index contributed by atoms with van der Waals surface area (Å²) in [5.41, 5.74) is 3.18. The van der Waals surface area contributed by atoms with Crippen LogP contribution in [0.15, 0.2) is 12.1 Å². The molecular weight excluding hydrogens is 316 g/mol. The van der Waals surface area contributed by atoms with Crippen molar-refractivity contribution in [3.63, 3.8) is 0 Å². The smallest absolute Gasteiger partial charge is 0.157 e. The molecule has 6 heteroatoms. The Hall–Kier alpha value is -1.66. The van der Waals surface area contributed by atoms with E-state index in [0.717, 1.165) is 37.4 Å². The molecule has 1 N–H and O–H groups in total. The van der Waals surface area contributed by atoms with Crippen LogP contribution in [0, 0.1) is 18.8 Å². The van der Waals surface area contributed by atoms with Gasteiger partial charge in [-0.15, -0.1) is 0 Å². The number of fused-ring (bicyclic) bond motifs is 4. The lowest BCUT2D eigenvalue weighted by molar-refractivity contribution is 0.0899. The quantitative estimate of drug-likeness (QED) is 0.904. The zero-order chi connectivity index (χ0) is 16.7. The molecule has 0 aromatic carbocycles. The van der Waals surface area contributed by atoms with Crippen LogP contribution in [0.25, 0.3) is 5.65 Å². The largest absolute Gasteiger partial charge is 0.393 e. The zero-order valence-electron chi connectivity index (χ0n) is 14.5. The molecule has 2 aliphatic heterocycles. The lowest BCUT2D eigenvalue weighted by atomic mass is 10.1. The van der Waals surface area contributed by atoms with Crippen LogP contribution >= 0.6 is 0 Å². The summed E-state index contributed by atoms with van der Waals surface area (Å²) in [6.45, 7) is 3.71. The molecule has 2 bridgehead atoms. The molecule has 4 unspecified atom stereocenters. The highest BCUT2D eigenvalue weighted by atomic mass is 16.5. The molecule has 2 aliphatic carbocycles. The van der Waals surface area contributed by atoms with E-state index >= 15 is 0 Å². The predicted molar refractivity (Wildman–Crippen MR) is 92.8 cm³/mol. The van der Waals surface area contributed by atoms with Gasteiger partial charge >= 0.3 is 0 Å². The summed E-state index contributed by atoms with van der Waals surface area (Å²) >= 11 is 0. The Balaban J connectivity index is 1.42. The van der Waals surface area contributed by atoms with Gasteiger partial charge in [0.25, 0.3) is 0 Å². The average Bonchev–Trinajstić information content (AvgIpc) is 2.89. The first kappa shape index (κ1) is 14.5. The fourth-order valence-corrected chi connectivity index (χ4v) is 5.70. The molecule has 4 aliphatic rings. The van der Waals surface area contributed by atoms with Crippen molar-refractivity contribution in [2.24, 2.45) is 11.8 Å². The number of morpholine rings is 1. The van der Waals surface area contributed by atoms with Gasteiger partial charge in [0.1, 0.15) is 5.82 Å². The number of aryl methyl sites for hydroxylation is 1. The van der Waals surface area contributed by atoms with E-state index in [1.807, 2.05) is 0 Å². The second-order valence-corrected chi connectivity index (χ2v) is 8.40. The van der Waals surface area contributed by atoms with Gasteiger partial charge in [-0.1, -0.05) is 0 Å². The van der Waals surface area contributed by atoms with Crippen molar-refractivity contribution < 1.29 is 9.84 Å². The number of aliphatic hydroxyl groups is 1. The normalized spacial score (nSPS) is 39.2. The molecule has 2 saturated heterocycles. The number of hydrogen-bond acceptors (Lipinski definition) is 5. The minimum Gasteiger partial charge on any atom is -0.393 e. The maximum atomic E-state index is 9.79. The molecule has 0 amide bonds. The highest BCUT2D eigenvalue weighted by molar-refractivity contribution is 5.55. The van der Waals surface area contributed by atoms with E-state index in [1.54, 1.807) is 0 Å². The summed E-state index contributed by atoms with van der Waals surface area (Å²) in [4.78, 5) is 7.26. The van der Waals surface area contributed by atoms with E-state index in [1.165, 1.54) is 24.4 Å². The van der Waals surface area contributed by atoms with Gasteiger partial charge in [0.2, 0.25) is 0 Å². The highest BCUT2D eigenvalue weighted by Crippen LogP contribution is 2.62. The van der Waals surface area contributed by atoms with Crippen LogP contribution in [0.4, 0.5) is 5.82 Å². The topological polar surface area (TPSA) is 62.9 Å². The van der Waals surface area contributed by atoms with Gasteiger partial charge in [-0.05, 0) is 44.4 Å². The molecule has 0 radical (unpaired) electrons. The minimum atomic E-state index is -0.0943. The zero-order valence-corrected chi connectivity index (χ0v) is 14.5. The van der Waals surface area contributed by atoms with Crippen molar-refractivity contribution in [2.75, 3.05) is 18.1 Å². The molecule has 2 aromatic heterocycles. The summed E-state index contributed by atoms with van der Waals surface area (Å²) in [5.74, 6) is 2.96. The maximum Gasteiger partial charge on any atom is 0.157 e. The third kappa shape index (κ3) is 2.04. The van der Waals surface area contributed by atoms with Gasteiger partial charge in [-0.2, -0.15) is 9.61 Å². The standard InChI is InChI=1S/C19H24N4O2/c1-10-4-18(22-11-2-3-12(22)9-25-8-11)23-17(20-10)7-16(21-23)19-14-5-13(24)6-15(14)19/h4,7,11-15,19,24H,2-3,5-6,8-9H2,1H3. The fraction of sp³-hybridized carbons (Fsp3) is 0.684. The third-order valence-electron chi connectivity index (χ3n) is 6.82. The van der Waals surface area contributed by atoms with Crippen LogP contribution in [-0.2, 0) is 4.74 Å². The van der Waals surface area contributed by atoms with Gasteiger partial charge in [0.15, 0.2) is 5.65 Å². The van der Waals surface area contributed by atoms with Crippen LogP contribution in [-0.4, -0.2) is 51.1 Å². The Bertz CT molecular complexity index is 821. The molecule has 25 heavy (non-hydrogen) atoms. The van der Waals surface area contributed by atoms with E-state index < -0.39 is 0 Å². The number of ether oxygens (including phenoxy) is 1. The Kier molecular flexibility index (Phi) is 2.87. The van der Waals surface area contributed by atoms with Crippen LogP contribution < -0.4 is 4.90 Å². The van der Waals surface area contributed by atoms with Crippen molar-refractivity contribution >= 4 is 11.5 Å². The van der Waals surface area contributed by atoms with Crippen LogP contribution in [0.2, 0.25) is 0 Å². The van der Waals surface area contributed by atoms with E-state index in [-0.39, 0.29) is 6.10 Å². The second kappa shape index (κ2) is 4.95. The first-order valence-corrected chi connectivity index (χ1v) is 9.60. The van der Waals surface area contributed by atoms with E-state index in [9.17, 15) is 5.11 Å². The van der Waals surface area contributed by atoms with Crippen molar-refractivity contribution in [2.45, 2.75) is 56.7 Å². The first-order chi connectivity index (χ1) is 12.2. The summed E-state index contributed by atoms with van der Waals surface area (Å²) in [5, 5.41) is 14.8. The van der Waals surface area contributed by atoms with Crippen molar-refractivity contribution in [1.29, 1.82) is 0 Å². The molecule has 132 valence electrons. The fourth-order valence-electron chi connectivity index (χ4n) is 5.70. The Morgan fingerprint density at radius 2 is 1.84 bits per heavy atom. The van der Waals surface area contributed by atoms with Gasteiger partial charge in [-0.25, -0.2) is 4.98 Å². The van der Waals surface area contributed by atoms with E-state index in [0.29, 0.717) is 29.8 Å². The summed E-state index contributed by atoms with van der Waals surface area (Å²) in [6, 6.07) is 5.28. The molecule has 4 atom stereocenters. The van der Waals surface area contributed by atoms with Gasteiger partial charge < -0.3 is 14.7 Å². The van der Waals surface area contributed by atoms with Gasteiger partial charge in [0, 0.05) is 23.7 Å². The number of anilines is 1. The molecule has 0 spiro atoms. The molecule has 2 aromatic rings. The summed E-state index contributed by atoms with van der Waals surface area (Å²) in [7, 11) is 0. The SMILES string of the molecule is Cc1cc(N2C3CCC2COC3)n2nc(C3C4CC(O)CC43)cc2n1. The van der Waals surface area contributed by atoms with Crippen LogP contribution in [0.5, 0.6) is 0 Å². The number of rotatable bonds is 2. The van der Waals surface area contributed by atoms with Crippen molar-refractivity contribution in [3.8, 4) is 0 Å². The third-order valence-corrected chi connectivity index (χ3v) is 6.82. The van der Waals surface area contributed by atoms with Gasteiger partial charge in [-0.3, -0.25) is 0 Å². The second-order valence-electron chi connectivity index (χ2n) is 8.40. The average molecular weight is 340 g/mol. The predicted octanol–water partition coefficient (Wildman–Crippen LogP) is 1.89. The highest BCUT2D eigenvalue weighted by Gasteiger charge is 2.57. The first-order valence-electron chi connectivity index (χ1n) is 9.60. The molecule has 6 nitrogen and oxygen atoms in total. The number of aliphatic hydroxyl groups excluding tert-OH is 1. The van der Waals surface area contributed by atoms with Crippen LogP contribution in [0.3, 0.4) is 0 Å². The molecular formula is C19H24N4O2.